The average Bonchev–Trinajstić information content (AvgIpc) is 3.14. The summed E-state index contributed by atoms with van der Waals surface area (Å²) in [6, 6.07) is 7.89. The lowest BCUT2D eigenvalue weighted by atomic mass is 9.89. The molecule has 1 aromatic heterocycles. The highest BCUT2D eigenvalue weighted by atomic mass is 32.2. The van der Waals surface area contributed by atoms with E-state index >= 15 is 0 Å². The topological polar surface area (TPSA) is 85.3 Å². The number of rotatable bonds is 4. The van der Waals surface area contributed by atoms with Gasteiger partial charge in [-0.2, -0.15) is 13.2 Å². The summed E-state index contributed by atoms with van der Waals surface area (Å²) in [6.45, 7) is 5.04. The quantitative estimate of drug-likeness (QED) is 0.457. The molecule has 0 saturated carbocycles. The monoisotopic (exact) mass is 493 g/mol. The highest BCUT2D eigenvalue weighted by Crippen LogP contribution is 2.38. The Morgan fingerprint density at radius 3 is 2.62 bits per heavy atom. The Balaban J connectivity index is 1.66. The van der Waals surface area contributed by atoms with E-state index in [-0.39, 0.29) is 16.6 Å². The van der Waals surface area contributed by atoms with Crippen LogP contribution < -0.4 is 11.1 Å². The first-order valence-corrected chi connectivity index (χ1v) is 11.6. The summed E-state index contributed by atoms with van der Waals surface area (Å²) in [5.74, 6) is -1.36. The Hall–Kier alpha value is -3.08. The number of aliphatic imine (C=N–C) groups is 1. The van der Waals surface area contributed by atoms with Crippen molar-refractivity contribution in [3.8, 4) is 0 Å². The molecule has 6 nitrogen and oxygen atoms in total. The van der Waals surface area contributed by atoms with Crippen LogP contribution in [0.3, 0.4) is 0 Å². The molecule has 3 aromatic rings. The minimum absolute atomic E-state index is 0.0606. The number of halogens is 4. The van der Waals surface area contributed by atoms with Crippen molar-refractivity contribution >= 4 is 39.6 Å². The van der Waals surface area contributed by atoms with Crippen LogP contribution >= 0.6 is 11.8 Å². The van der Waals surface area contributed by atoms with Gasteiger partial charge in [0.15, 0.2) is 5.17 Å². The molecule has 0 saturated heterocycles. The summed E-state index contributed by atoms with van der Waals surface area (Å²) in [5, 5.41) is 3.06. The van der Waals surface area contributed by atoms with Crippen LogP contribution in [0.25, 0.3) is 11.0 Å². The van der Waals surface area contributed by atoms with Crippen molar-refractivity contribution in [1.82, 2.24) is 9.55 Å². The number of imidazole rings is 1. The number of aromatic nitrogens is 2. The molecule has 1 unspecified atom stereocenters. The predicted octanol–water partition coefficient (Wildman–Crippen LogP) is 5.69. The van der Waals surface area contributed by atoms with E-state index in [1.807, 2.05) is 0 Å². The highest BCUT2D eigenvalue weighted by Gasteiger charge is 2.38. The predicted molar refractivity (Wildman–Crippen MR) is 126 cm³/mol. The third-order valence-corrected chi connectivity index (χ3v) is 6.52. The van der Waals surface area contributed by atoms with Crippen LogP contribution in [0.4, 0.5) is 23.2 Å². The number of hydrogen-bond acceptors (Lipinski definition) is 5. The number of alkyl halides is 3. The lowest BCUT2D eigenvalue weighted by molar-refractivity contribution is -0.147. The van der Waals surface area contributed by atoms with Crippen LogP contribution in [0.15, 0.2) is 41.4 Å². The van der Waals surface area contributed by atoms with Crippen molar-refractivity contribution in [2.75, 3.05) is 11.1 Å². The molecule has 4 rings (SSSR count). The van der Waals surface area contributed by atoms with E-state index in [4.69, 9.17) is 5.73 Å². The number of benzene rings is 2. The highest BCUT2D eigenvalue weighted by molar-refractivity contribution is 8.13. The summed E-state index contributed by atoms with van der Waals surface area (Å²) >= 11 is 1.40. The lowest BCUT2D eigenvalue weighted by Crippen LogP contribution is -2.29. The molecule has 1 aliphatic heterocycles. The molecule has 1 atom stereocenters. The Morgan fingerprint density at radius 1 is 1.24 bits per heavy atom. The Morgan fingerprint density at radius 2 is 1.97 bits per heavy atom. The average molecular weight is 494 g/mol. The second kappa shape index (κ2) is 8.61. The van der Waals surface area contributed by atoms with Gasteiger partial charge in [0.25, 0.3) is 5.91 Å². The van der Waals surface area contributed by atoms with Crippen LogP contribution in [0.1, 0.15) is 55.0 Å². The summed E-state index contributed by atoms with van der Waals surface area (Å²) < 4.78 is 56.1. The third kappa shape index (κ3) is 4.48. The molecule has 0 aliphatic carbocycles. The molecule has 2 aromatic carbocycles. The molecule has 180 valence electrons. The van der Waals surface area contributed by atoms with Crippen LogP contribution in [-0.4, -0.2) is 26.4 Å². The van der Waals surface area contributed by atoms with E-state index in [0.29, 0.717) is 28.6 Å². The van der Waals surface area contributed by atoms with Crippen molar-refractivity contribution in [3.63, 3.8) is 0 Å². The first-order valence-electron chi connectivity index (χ1n) is 10.6. The molecule has 3 N–H and O–H groups in total. The molecule has 0 radical (unpaired) electrons. The number of carbonyl (C=O) groups excluding carboxylic acids is 1. The SMILES string of the molecule is CC(C)n1c(C(F)(F)F)nc2cc(C(=O)Nc3ccc(F)c(C4(C)CCSC(N)=N4)c3)ccc21. The second-order valence-corrected chi connectivity index (χ2v) is 9.69. The molecule has 11 heteroatoms. The number of amides is 1. The molecular weight excluding hydrogens is 470 g/mol. The van der Waals surface area contributed by atoms with Gasteiger partial charge in [-0.15, -0.1) is 0 Å². The van der Waals surface area contributed by atoms with Crippen LogP contribution in [0.2, 0.25) is 0 Å². The number of carbonyl (C=O) groups is 1. The van der Waals surface area contributed by atoms with Crippen molar-refractivity contribution in [2.45, 2.75) is 44.9 Å². The van der Waals surface area contributed by atoms with Gasteiger partial charge in [-0.05, 0) is 63.6 Å². The maximum atomic E-state index is 14.6. The molecule has 0 spiro atoms. The lowest BCUT2D eigenvalue weighted by Gasteiger charge is -2.30. The minimum Gasteiger partial charge on any atom is -0.379 e. The van der Waals surface area contributed by atoms with Gasteiger partial charge in [0.05, 0.1) is 16.6 Å². The number of nitrogens with zero attached hydrogens (tertiary/aromatic N) is 3. The number of thioether (sulfide) groups is 1. The van der Waals surface area contributed by atoms with E-state index in [9.17, 15) is 22.4 Å². The van der Waals surface area contributed by atoms with Crippen LogP contribution in [0.5, 0.6) is 0 Å². The summed E-state index contributed by atoms with van der Waals surface area (Å²) in [5.41, 5.74) is 6.07. The number of fused-ring (bicyclic) bond motifs is 1. The first-order chi connectivity index (χ1) is 15.9. The van der Waals surface area contributed by atoms with E-state index in [2.05, 4.69) is 15.3 Å². The molecule has 2 heterocycles. The zero-order valence-electron chi connectivity index (χ0n) is 18.7. The Bertz CT molecular complexity index is 1300. The fourth-order valence-corrected chi connectivity index (χ4v) is 5.04. The first kappa shape index (κ1) is 24.1. The molecule has 34 heavy (non-hydrogen) atoms. The molecule has 1 amide bonds. The normalized spacial score (nSPS) is 18.9. The van der Waals surface area contributed by atoms with Gasteiger partial charge in [-0.3, -0.25) is 9.79 Å². The van der Waals surface area contributed by atoms with Gasteiger partial charge in [0.2, 0.25) is 5.82 Å². The smallest absolute Gasteiger partial charge is 0.379 e. The van der Waals surface area contributed by atoms with E-state index < -0.39 is 35.3 Å². The number of nitrogens with one attached hydrogen (secondary N) is 1. The molecule has 0 bridgehead atoms. The maximum absolute atomic E-state index is 14.6. The second-order valence-electron chi connectivity index (χ2n) is 8.57. The number of hydrogen-bond donors (Lipinski definition) is 2. The Labute approximate surface area is 197 Å². The summed E-state index contributed by atoms with van der Waals surface area (Å²) in [4.78, 5) is 21.0. The van der Waals surface area contributed by atoms with Gasteiger partial charge in [-0.1, -0.05) is 11.8 Å². The third-order valence-electron chi connectivity index (χ3n) is 5.72. The maximum Gasteiger partial charge on any atom is 0.449 e. The zero-order chi connectivity index (χ0) is 24.8. The van der Waals surface area contributed by atoms with Gasteiger partial charge in [-0.25, -0.2) is 9.37 Å². The molecular formula is C23H23F4N5OS. The van der Waals surface area contributed by atoms with Crippen molar-refractivity contribution < 1.29 is 22.4 Å². The molecule has 1 aliphatic rings. The minimum atomic E-state index is -4.63. The zero-order valence-corrected chi connectivity index (χ0v) is 19.5. The summed E-state index contributed by atoms with van der Waals surface area (Å²) in [6.07, 6.45) is -4.06. The Kier molecular flexibility index (Phi) is 6.09. The number of anilines is 1. The van der Waals surface area contributed by atoms with Crippen molar-refractivity contribution in [3.05, 3.63) is 59.2 Å². The number of amidine groups is 1. The standard InChI is InChI=1S/C23H23F4N5OS/c1-12(2)32-18-7-4-13(10-17(18)30-20(32)23(25,26)27)19(33)29-14-5-6-16(24)15(11-14)22(3)8-9-34-21(28)31-22/h4-7,10-12H,8-9H2,1-3H3,(H2,28,31)(H,29,33). The van der Waals surface area contributed by atoms with Crippen molar-refractivity contribution in [1.29, 1.82) is 0 Å². The van der Waals surface area contributed by atoms with Gasteiger partial charge < -0.3 is 15.6 Å². The van der Waals surface area contributed by atoms with Crippen molar-refractivity contribution in [2.24, 2.45) is 10.7 Å². The largest absolute Gasteiger partial charge is 0.449 e. The number of nitrogens with two attached hydrogens (primary N) is 1. The summed E-state index contributed by atoms with van der Waals surface area (Å²) in [7, 11) is 0. The van der Waals surface area contributed by atoms with Gasteiger partial charge in [0, 0.05) is 28.6 Å². The van der Waals surface area contributed by atoms with E-state index in [0.717, 1.165) is 4.57 Å². The van der Waals surface area contributed by atoms with E-state index in [1.54, 1.807) is 20.8 Å². The van der Waals surface area contributed by atoms with Crippen LogP contribution in [-0.2, 0) is 11.7 Å². The fourth-order valence-electron chi connectivity index (χ4n) is 4.06. The van der Waals surface area contributed by atoms with Gasteiger partial charge >= 0.3 is 6.18 Å². The fraction of sp³-hybridized carbons (Fsp3) is 0.348. The van der Waals surface area contributed by atoms with E-state index in [1.165, 1.54) is 48.2 Å². The molecule has 0 fully saturated rings. The van der Waals surface area contributed by atoms with Crippen LogP contribution in [0, 0.1) is 5.82 Å². The van der Waals surface area contributed by atoms with Gasteiger partial charge in [0.1, 0.15) is 5.82 Å².